The summed E-state index contributed by atoms with van der Waals surface area (Å²) in [6.07, 6.45) is 1.69. The molecule has 46 valence electrons. The molecule has 0 fully saturated rings. The van der Waals surface area contributed by atoms with Crippen LogP contribution in [-0.4, -0.2) is 4.57 Å². The van der Waals surface area contributed by atoms with Gasteiger partial charge < -0.3 is 10.3 Å². The minimum atomic E-state index is 0.606. The largest absolute Gasteiger partial charge is 0.385 e. The van der Waals surface area contributed by atoms with Gasteiger partial charge >= 0.3 is 0 Å². The van der Waals surface area contributed by atoms with E-state index in [1.54, 1.807) is 23.9 Å². The van der Waals surface area contributed by atoms with Crippen molar-refractivity contribution in [3.05, 3.63) is 17.8 Å². The van der Waals surface area contributed by atoms with Crippen LogP contribution in [0.25, 0.3) is 0 Å². The lowest BCUT2D eigenvalue weighted by Crippen LogP contribution is -1.92. The molecule has 0 unspecified atom stereocenters. The van der Waals surface area contributed by atoms with Gasteiger partial charge in [0.15, 0.2) is 0 Å². The molecule has 0 saturated carbocycles. The maximum atomic E-state index is 8.36. The molecule has 1 heterocycles. The van der Waals surface area contributed by atoms with E-state index in [1.807, 2.05) is 6.07 Å². The molecule has 0 aliphatic carbocycles. The number of rotatable bonds is 0. The molecule has 0 bridgehead atoms. The molecule has 1 aromatic rings. The average molecular weight is 121 g/mol. The number of aromatic nitrogens is 1. The van der Waals surface area contributed by atoms with E-state index >= 15 is 0 Å². The average Bonchev–Trinajstić information content (AvgIpc) is 2.13. The quantitative estimate of drug-likeness (QED) is 0.542. The maximum absolute atomic E-state index is 8.36. The molecule has 0 aliphatic heterocycles. The highest BCUT2D eigenvalue weighted by Crippen LogP contribution is 2.05. The predicted molar refractivity (Wildman–Crippen MR) is 34.5 cm³/mol. The fourth-order valence-electron chi connectivity index (χ4n) is 0.643. The number of hydrogen-bond acceptors (Lipinski definition) is 2. The minimum absolute atomic E-state index is 0.606. The Morgan fingerprint density at radius 2 is 2.44 bits per heavy atom. The number of nitrogens with two attached hydrogens (primary N) is 1. The standard InChI is InChI=1S/C6H7N3/c1-9-4-5(3-7)2-6(9)8/h2,4H,8H2,1H3. The zero-order valence-electron chi connectivity index (χ0n) is 5.13. The first-order valence-corrected chi connectivity index (χ1v) is 2.56. The molecular weight excluding hydrogens is 114 g/mol. The number of nitriles is 1. The molecule has 0 atom stereocenters. The Labute approximate surface area is 53.3 Å². The van der Waals surface area contributed by atoms with Gasteiger partial charge in [-0.2, -0.15) is 5.26 Å². The van der Waals surface area contributed by atoms with Crippen molar-refractivity contribution in [1.29, 1.82) is 5.26 Å². The van der Waals surface area contributed by atoms with Gasteiger partial charge in [0.1, 0.15) is 11.9 Å². The second-order valence-electron chi connectivity index (χ2n) is 1.88. The van der Waals surface area contributed by atoms with Crippen molar-refractivity contribution in [3.63, 3.8) is 0 Å². The van der Waals surface area contributed by atoms with Crippen LogP contribution in [0.2, 0.25) is 0 Å². The first-order valence-electron chi connectivity index (χ1n) is 2.56. The smallest absolute Gasteiger partial charge is 0.104 e. The highest BCUT2D eigenvalue weighted by atomic mass is 15.0. The minimum Gasteiger partial charge on any atom is -0.385 e. The Morgan fingerprint density at radius 3 is 2.67 bits per heavy atom. The molecule has 0 amide bonds. The molecule has 0 spiro atoms. The Balaban J connectivity index is 3.16. The summed E-state index contributed by atoms with van der Waals surface area (Å²) in [7, 11) is 1.80. The molecule has 0 aliphatic rings. The summed E-state index contributed by atoms with van der Waals surface area (Å²) < 4.78 is 1.71. The summed E-state index contributed by atoms with van der Waals surface area (Å²) >= 11 is 0. The molecule has 3 nitrogen and oxygen atoms in total. The van der Waals surface area contributed by atoms with Crippen molar-refractivity contribution in [2.45, 2.75) is 0 Å². The molecular formula is C6H7N3. The van der Waals surface area contributed by atoms with E-state index in [-0.39, 0.29) is 0 Å². The van der Waals surface area contributed by atoms with Crippen LogP contribution < -0.4 is 5.73 Å². The van der Waals surface area contributed by atoms with Gasteiger partial charge in [-0.05, 0) is 6.07 Å². The van der Waals surface area contributed by atoms with Gasteiger partial charge in [0.25, 0.3) is 0 Å². The van der Waals surface area contributed by atoms with Crippen molar-refractivity contribution >= 4 is 5.82 Å². The lowest BCUT2D eigenvalue weighted by Gasteiger charge is -1.89. The summed E-state index contributed by atoms with van der Waals surface area (Å²) in [4.78, 5) is 0. The van der Waals surface area contributed by atoms with E-state index in [4.69, 9.17) is 11.0 Å². The van der Waals surface area contributed by atoms with Crippen LogP contribution in [0.5, 0.6) is 0 Å². The summed E-state index contributed by atoms with van der Waals surface area (Å²) in [6.45, 7) is 0. The fraction of sp³-hybridized carbons (Fsp3) is 0.167. The van der Waals surface area contributed by atoms with Crippen molar-refractivity contribution < 1.29 is 0 Å². The molecule has 2 N–H and O–H groups in total. The van der Waals surface area contributed by atoms with Crippen molar-refractivity contribution in [2.24, 2.45) is 7.05 Å². The highest BCUT2D eigenvalue weighted by Gasteiger charge is 1.95. The first-order chi connectivity index (χ1) is 4.24. The normalized spacial score (nSPS) is 8.89. The lowest BCUT2D eigenvalue weighted by atomic mass is 10.4. The molecule has 0 radical (unpaired) electrons. The van der Waals surface area contributed by atoms with Crippen molar-refractivity contribution in [3.8, 4) is 6.07 Å². The van der Waals surface area contributed by atoms with Crippen LogP contribution in [0.15, 0.2) is 12.3 Å². The third kappa shape index (κ3) is 0.868. The second kappa shape index (κ2) is 1.82. The number of hydrogen-bond donors (Lipinski definition) is 1. The Bertz CT molecular complexity index is 234. The van der Waals surface area contributed by atoms with E-state index < -0.39 is 0 Å². The fourth-order valence-corrected chi connectivity index (χ4v) is 0.643. The Morgan fingerprint density at radius 1 is 1.78 bits per heavy atom. The van der Waals surface area contributed by atoms with Crippen molar-refractivity contribution in [1.82, 2.24) is 4.57 Å². The van der Waals surface area contributed by atoms with E-state index in [2.05, 4.69) is 0 Å². The molecule has 1 rings (SSSR count). The van der Waals surface area contributed by atoms with Crippen LogP contribution in [0.1, 0.15) is 5.56 Å². The molecule has 0 saturated heterocycles. The van der Waals surface area contributed by atoms with Gasteiger partial charge in [0.05, 0.1) is 5.56 Å². The zero-order chi connectivity index (χ0) is 6.85. The number of anilines is 1. The number of aryl methyl sites for hydroxylation is 1. The number of nitrogen functional groups attached to an aromatic ring is 1. The summed E-state index contributed by atoms with van der Waals surface area (Å²) in [5.41, 5.74) is 6.03. The number of nitrogens with zero attached hydrogens (tertiary/aromatic N) is 2. The van der Waals surface area contributed by atoms with Crippen LogP contribution in [0.3, 0.4) is 0 Å². The first kappa shape index (κ1) is 5.70. The zero-order valence-corrected chi connectivity index (χ0v) is 5.13. The van der Waals surface area contributed by atoms with Gasteiger partial charge in [0.2, 0.25) is 0 Å². The Hall–Kier alpha value is -1.43. The lowest BCUT2D eigenvalue weighted by molar-refractivity contribution is 0.940. The molecule has 3 heteroatoms. The maximum Gasteiger partial charge on any atom is 0.104 e. The van der Waals surface area contributed by atoms with E-state index in [1.165, 1.54) is 0 Å². The summed E-state index contributed by atoms with van der Waals surface area (Å²) in [6, 6.07) is 3.63. The van der Waals surface area contributed by atoms with Gasteiger partial charge in [-0.15, -0.1) is 0 Å². The van der Waals surface area contributed by atoms with Gasteiger partial charge in [-0.3, -0.25) is 0 Å². The van der Waals surface area contributed by atoms with E-state index in [9.17, 15) is 0 Å². The summed E-state index contributed by atoms with van der Waals surface area (Å²) in [5, 5.41) is 8.36. The van der Waals surface area contributed by atoms with Crippen LogP contribution >= 0.6 is 0 Å². The van der Waals surface area contributed by atoms with Gasteiger partial charge in [-0.1, -0.05) is 0 Å². The van der Waals surface area contributed by atoms with Crippen LogP contribution in [-0.2, 0) is 7.05 Å². The second-order valence-corrected chi connectivity index (χ2v) is 1.88. The molecule has 1 aromatic heterocycles. The topological polar surface area (TPSA) is 54.7 Å². The van der Waals surface area contributed by atoms with Gasteiger partial charge in [-0.25, -0.2) is 0 Å². The van der Waals surface area contributed by atoms with E-state index in [0.717, 1.165) is 0 Å². The third-order valence-electron chi connectivity index (χ3n) is 1.17. The van der Waals surface area contributed by atoms with Crippen molar-refractivity contribution in [2.75, 3.05) is 5.73 Å². The predicted octanol–water partition coefficient (Wildman–Crippen LogP) is 0.479. The third-order valence-corrected chi connectivity index (χ3v) is 1.17. The van der Waals surface area contributed by atoms with Crippen LogP contribution in [0.4, 0.5) is 5.82 Å². The highest BCUT2D eigenvalue weighted by molar-refractivity contribution is 5.41. The van der Waals surface area contributed by atoms with E-state index in [0.29, 0.717) is 11.4 Å². The molecule has 0 aromatic carbocycles. The van der Waals surface area contributed by atoms with Crippen LogP contribution in [0, 0.1) is 11.3 Å². The molecule has 9 heavy (non-hydrogen) atoms. The Kier molecular flexibility index (Phi) is 1.16. The monoisotopic (exact) mass is 121 g/mol. The van der Waals surface area contributed by atoms with Gasteiger partial charge in [0, 0.05) is 13.2 Å². The SMILES string of the molecule is Cn1cc(C#N)cc1N. The summed E-state index contributed by atoms with van der Waals surface area (Å²) in [5.74, 6) is 0.617.